The van der Waals surface area contributed by atoms with Crippen LogP contribution in [0.25, 0.3) is 12.2 Å². The van der Waals surface area contributed by atoms with E-state index in [1.807, 2.05) is 114 Å². The van der Waals surface area contributed by atoms with Crippen molar-refractivity contribution in [1.29, 1.82) is 0 Å². The Morgan fingerprint density at radius 2 is 1.12 bits per heavy atom. The molecule has 0 spiro atoms. The first kappa shape index (κ1) is 34.5. The normalized spacial score (nSPS) is 17.3. The van der Waals surface area contributed by atoms with Gasteiger partial charge in [-0.3, -0.25) is 19.6 Å². The molecule has 3 amide bonds. The number of amides is 3. The van der Waals surface area contributed by atoms with Crippen molar-refractivity contribution in [2.75, 3.05) is 29.5 Å². The molecule has 2 N–H and O–H groups in total. The summed E-state index contributed by atoms with van der Waals surface area (Å²) in [5.74, 6) is -1.07. The van der Waals surface area contributed by atoms with Crippen molar-refractivity contribution in [2.45, 2.75) is 31.6 Å². The van der Waals surface area contributed by atoms with Crippen LogP contribution in [0, 0.1) is 0 Å². The van der Waals surface area contributed by atoms with Crippen molar-refractivity contribution in [2.24, 2.45) is 0 Å². The Morgan fingerprint density at radius 1 is 0.694 bits per heavy atom. The molecule has 0 bridgehead atoms. The zero-order valence-corrected chi connectivity index (χ0v) is 27.3. The van der Waals surface area contributed by atoms with E-state index in [2.05, 4.69) is 0 Å². The molecule has 0 saturated carbocycles. The van der Waals surface area contributed by atoms with Crippen molar-refractivity contribution in [3.05, 3.63) is 144 Å². The van der Waals surface area contributed by atoms with Crippen molar-refractivity contribution in [3.8, 4) is 0 Å². The molecule has 6 rings (SSSR count). The molecule has 9 heteroatoms. The van der Waals surface area contributed by atoms with Gasteiger partial charge in [0.1, 0.15) is 0 Å². The highest BCUT2D eigenvalue weighted by atomic mass is 16.5. The minimum Gasteiger partial charge on any atom is -0.463 e. The number of esters is 1. The van der Waals surface area contributed by atoms with E-state index in [0.717, 1.165) is 46.5 Å². The van der Waals surface area contributed by atoms with Gasteiger partial charge in [0, 0.05) is 25.2 Å². The second-order valence-corrected chi connectivity index (χ2v) is 11.5. The number of carbonyl (C=O) groups is 4. The van der Waals surface area contributed by atoms with E-state index < -0.39 is 5.91 Å². The summed E-state index contributed by atoms with van der Waals surface area (Å²) in [7, 11) is 0. The number of ether oxygens (including phenoxy) is 1. The smallest absolute Gasteiger partial charge is 0.330 e. The van der Waals surface area contributed by atoms with Gasteiger partial charge in [-0.25, -0.2) is 10.3 Å². The van der Waals surface area contributed by atoms with E-state index in [0.29, 0.717) is 19.7 Å². The maximum absolute atomic E-state index is 12.9. The van der Waals surface area contributed by atoms with Crippen LogP contribution in [0.1, 0.15) is 53.9 Å². The summed E-state index contributed by atoms with van der Waals surface area (Å²) < 4.78 is 4.92. The van der Waals surface area contributed by atoms with Crippen LogP contribution in [-0.4, -0.2) is 48.6 Å². The third-order valence-electron chi connectivity index (χ3n) is 8.48. The highest BCUT2D eigenvalue weighted by Gasteiger charge is 2.35. The molecule has 2 aliphatic heterocycles. The molecular formula is C40H39N3O6. The molecule has 2 aliphatic rings. The predicted molar refractivity (Wildman–Crippen MR) is 190 cm³/mol. The van der Waals surface area contributed by atoms with Gasteiger partial charge < -0.3 is 14.5 Å². The SMILES string of the molecule is CCOC(=O)/C=C/c1ccccc1N1CC[C@H](c2ccccc2)C1=O.O=C(/C=C/c1ccccc1N1CC[C@H](c2ccccc2)C1=O)NO. The zero-order valence-electron chi connectivity index (χ0n) is 27.3. The standard InChI is InChI=1S/C21H21NO3.C19H18N2O3/c1-2-25-20(23)13-12-17-10-6-7-11-19(17)22-15-14-18(21(22)24)16-8-4-3-5-9-16;22-18(20-24)11-10-15-8-4-5-9-17(15)21-13-12-16(19(21)23)14-6-2-1-3-7-14/h3-13,18H,2,14-15H2,1H3;1-11,16,24H,12-13H2,(H,20,22)/b13-12+;11-10+/t18-;16-/m11/s1. The molecule has 4 aromatic rings. The van der Waals surface area contributed by atoms with Crippen LogP contribution in [0.5, 0.6) is 0 Å². The monoisotopic (exact) mass is 657 g/mol. The summed E-state index contributed by atoms with van der Waals surface area (Å²) in [4.78, 5) is 52.1. The van der Waals surface area contributed by atoms with Crippen molar-refractivity contribution in [1.82, 2.24) is 5.48 Å². The van der Waals surface area contributed by atoms with Crippen LogP contribution in [0.4, 0.5) is 11.4 Å². The highest BCUT2D eigenvalue weighted by molar-refractivity contribution is 6.03. The zero-order chi connectivity index (χ0) is 34.6. The van der Waals surface area contributed by atoms with E-state index in [4.69, 9.17) is 9.94 Å². The van der Waals surface area contributed by atoms with E-state index >= 15 is 0 Å². The Hall–Kier alpha value is -5.80. The molecule has 0 aliphatic carbocycles. The first-order chi connectivity index (χ1) is 23.9. The quantitative estimate of drug-likeness (QED) is 0.0918. The molecule has 2 atom stereocenters. The lowest BCUT2D eigenvalue weighted by Crippen LogP contribution is -2.27. The van der Waals surface area contributed by atoms with Gasteiger partial charge in [-0.2, -0.15) is 0 Å². The van der Waals surface area contributed by atoms with Gasteiger partial charge in [-0.1, -0.05) is 97.1 Å². The van der Waals surface area contributed by atoms with Gasteiger partial charge >= 0.3 is 5.97 Å². The summed E-state index contributed by atoms with van der Waals surface area (Å²) in [6, 6.07) is 34.6. The molecule has 0 aromatic heterocycles. The summed E-state index contributed by atoms with van der Waals surface area (Å²) >= 11 is 0. The summed E-state index contributed by atoms with van der Waals surface area (Å²) in [6.45, 7) is 3.42. The number of anilines is 2. The van der Waals surface area contributed by atoms with Gasteiger partial charge in [0.05, 0.1) is 29.8 Å². The summed E-state index contributed by atoms with van der Waals surface area (Å²) in [5, 5.41) is 8.58. The fraction of sp³-hybridized carbons (Fsp3) is 0.200. The molecule has 2 saturated heterocycles. The molecule has 250 valence electrons. The van der Waals surface area contributed by atoms with Crippen LogP contribution in [0.2, 0.25) is 0 Å². The molecule has 0 unspecified atom stereocenters. The van der Waals surface area contributed by atoms with Crippen molar-refractivity contribution >= 4 is 47.2 Å². The maximum Gasteiger partial charge on any atom is 0.330 e. The number of hydroxylamine groups is 1. The summed E-state index contributed by atoms with van der Waals surface area (Å²) in [6.07, 6.45) is 7.48. The van der Waals surface area contributed by atoms with Gasteiger partial charge in [-0.15, -0.1) is 0 Å². The minimum absolute atomic E-state index is 0.0636. The Balaban J connectivity index is 0.000000191. The minimum atomic E-state index is -0.611. The molecular weight excluding hydrogens is 618 g/mol. The molecule has 0 radical (unpaired) electrons. The number of para-hydroxylation sites is 2. The number of hydrogen-bond donors (Lipinski definition) is 2. The number of hydrogen-bond acceptors (Lipinski definition) is 6. The molecule has 2 heterocycles. The molecule has 4 aromatic carbocycles. The first-order valence-electron chi connectivity index (χ1n) is 16.3. The van der Waals surface area contributed by atoms with E-state index in [1.165, 1.54) is 12.2 Å². The Morgan fingerprint density at radius 3 is 1.57 bits per heavy atom. The number of carbonyl (C=O) groups excluding carboxylic acids is 4. The van der Waals surface area contributed by atoms with E-state index in [-0.39, 0.29) is 29.6 Å². The van der Waals surface area contributed by atoms with Gasteiger partial charge in [0.2, 0.25) is 11.8 Å². The van der Waals surface area contributed by atoms with Gasteiger partial charge in [-0.05, 0) is 66.3 Å². The van der Waals surface area contributed by atoms with E-state index in [1.54, 1.807) is 29.5 Å². The van der Waals surface area contributed by atoms with Crippen LogP contribution in [0.15, 0.2) is 121 Å². The number of nitrogens with zero attached hydrogens (tertiary/aromatic N) is 2. The average molecular weight is 658 g/mol. The fourth-order valence-electron chi connectivity index (χ4n) is 6.13. The Bertz CT molecular complexity index is 1820. The van der Waals surface area contributed by atoms with Crippen molar-refractivity contribution < 1.29 is 29.1 Å². The highest BCUT2D eigenvalue weighted by Crippen LogP contribution is 2.35. The fourth-order valence-corrected chi connectivity index (χ4v) is 6.13. The van der Waals surface area contributed by atoms with Gasteiger partial charge in [0.25, 0.3) is 5.91 Å². The second-order valence-electron chi connectivity index (χ2n) is 11.5. The van der Waals surface area contributed by atoms with Crippen LogP contribution >= 0.6 is 0 Å². The lowest BCUT2D eigenvalue weighted by molar-refractivity contribution is -0.137. The largest absolute Gasteiger partial charge is 0.463 e. The number of rotatable bonds is 9. The lowest BCUT2D eigenvalue weighted by atomic mass is 9.98. The number of nitrogens with one attached hydrogen (secondary N) is 1. The Kier molecular flexibility index (Phi) is 11.9. The predicted octanol–water partition coefficient (Wildman–Crippen LogP) is 6.51. The molecule has 49 heavy (non-hydrogen) atoms. The molecule has 9 nitrogen and oxygen atoms in total. The van der Waals surface area contributed by atoms with Gasteiger partial charge in [0.15, 0.2) is 0 Å². The topological polar surface area (TPSA) is 116 Å². The Labute approximate surface area is 286 Å². The molecule has 2 fully saturated rings. The second kappa shape index (κ2) is 16.9. The first-order valence-corrected chi connectivity index (χ1v) is 16.3. The average Bonchev–Trinajstić information content (AvgIpc) is 3.72. The van der Waals surface area contributed by atoms with Crippen LogP contribution in [0.3, 0.4) is 0 Å². The summed E-state index contributed by atoms with van der Waals surface area (Å²) in [5.41, 5.74) is 6.81. The third-order valence-corrected chi connectivity index (χ3v) is 8.48. The lowest BCUT2D eigenvalue weighted by Gasteiger charge is -2.19. The number of benzene rings is 4. The third kappa shape index (κ3) is 8.57. The van der Waals surface area contributed by atoms with E-state index in [9.17, 15) is 19.2 Å². The van der Waals surface area contributed by atoms with Crippen LogP contribution in [-0.2, 0) is 23.9 Å². The van der Waals surface area contributed by atoms with Crippen molar-refractivity contribution in [3.63, 3.8) is 0 Å². The maximum atomic E-state index is 12.9. The van der Waals surface area contributed by atoms with Crippen LogP contribution < -0.4 is 15.3 Å².